The monoisotopic (exact) mass is 368 g/mol. The molecule has 1 heterocycles. The highest BCUT2D eigenvalue weighted by molar-refractivity contribution is 9.10. The van der Waals surface area contributed by atoms with E-state index in [2.05, 4.69) is 67.7 Å². The summed E-state index contributed by atoms with van der Waals surface area (Å²) < 4.78 is 1.04. The van der Waals surface area contributed by atoms with Gasteiger partial charge >= 0.3 is 0 Å². The number of rotatable bonds is 5. The first-order chi connectivity index (χ1) is 11.2. The summed E-state index contributed by atoms with van der Waals surface area (Å²) in [5.41, 5.74) is 3.43. The lowest BCUT2D eigenvalue weighted by Crippen LogP contribution is -2.04. The zero-order valence-electron chi connectivity index (χ0n) is 12.8. The highest BCUT2D eigenvalue weighted by Gasteiger charge is 2.01. The van der Waals surface area contributed by atoms with Crippen LogP contribution in [0.15, 0.2) is 65.3 Å². The normalized spacial score (nSPS) is 10.3. The quantitative estimate of drug-likeness (QED) is 0.672. The maximum absolute atomic E-state index is 4.48. The first-order valence-electron chi connectivity index (χ1n) is 7.34. The Labute approximate surface area is 144 Å². The van der Waals surface area contributed by atoms with Gasteiger partial charge in [-0.3, -0.25) is 0 Å². The largest absolute Gasteiger partial charge is 0.366 e. The molecule has 4 nitrogen and oxygen atoms in total. The number of nitrogens with zero attached hydrogens (tertiary/aromatic N) is 2. The molecule has 0 spiro atoms. The van der Waals surface area contributed by atoms with Gasteiger partial charge in [0.25, 0.3) is 0 Å². The lowest BCUT2D eigenvalue weighted by Gasteiger charge is -2.09. The average molecular weight is 369 g/mol. The van der Waals surface area contributed by atoms with Crippen molar-refractivity contribution in [1.29, 1.82) is 0 Å². The fourth-order valence-electron chi connectivity index (χ4n) is 2.08. The van der Waals surface area contributed by atoms with Gasteiger partial charge in [-0.05, 0) is 42.8 Å². The fraction of sp³-hybridized carbons (Fsp3) is 0.111. The summed E-state index contributed by atoms with van der Waals surface area (Å²) >= 11 is 3.42. The Kier molecular flexibility index (Phi) is 4.88. The molecule has 0 fully saturated rings. The minimum absolute atomic E-state index is 0.571. The molecule has 3 rings (SSSR count). The third-order valence-corrected chi connectivity index (χ3v) is 3.88. The lowest BCUT2D eigenvalue weighted by atomic mass is 10.1. The van der Waals surface area contributed by atoms with E-state index >= 15 is 0 Å². The van der Waals surface area contributed by atoms with Gasteiger partial charge < -0.3 is 10.6 Å². The molecule has 0 bridgehead atoms. The van der Waals surface area contributed by atoms with Crippen LogP contribution in [-0.2, 0) is 6.54 Å². The molecule has 0 amide bonds. The van der Waals surface area contributed by atoms with Gasteiger partial charge in [0.1, 0.15) is 5.82 Å². The number of nitrogens with one attached hydrogen (secondary N) is 2. The molecule has 0 aliphatic heterocycles. The van der Waals surface area contributed by atoms with E-state index in [-0.39, 0.29) is 0 Å². The van der Waals surface area contributed by atoms with E-state index in [9.17, 15) is 0 Å². The van der Waals surface area contributed by atoms with E-state index in [1.54, 1.807) is 6.20 Å². The Bertz CT molecular complexity index is 770. The second kappa shape index (κ2) is 7.24. The van der Waals surface area contributed by atoms with Crippen LogP contribution in [0.4, 0.5) is 17.5 Å². The zero-order valence-corrected chi connectivity index (χ0v) is 14.3. The summed E-state index contributed by atoms with van der Waals surface area (Å²) in [5, 5.41) is 6.51. The van der Waals surface area contributed by atoms with E-state index in [1.165, 1.54) is 11.1 Å². The first kappa shape index (κ1) is 15.5. The van der Waals surface area contributed by atoms with Gasteiger partial charge in [-0.15, -0.1) is 0 Å². The van der Waals surface area contributed by atoms with Crippen LogP contribution in [0.5, 0.6) is 0 Å². The number of aryl methyl sites for hydroxylation is 1. The molecule has 3 aromatic rings. The summed E-state index contributed by atoms with van der Waals surface area (Å²) in [7, 11) is 0. The van der Waals surface area contributed by atoms with Crippen LogP contribution in [0.1, 0.15) is 11.1 Å². The van der Waals surface area contributed by atoms with Crippen LogP contribution in [-0.4, -0.2) is 9.97 Å². The molecule has 0 unspecified atom stereocenters. The molecule has 0 aliphatic carbocycles. The third kappa shape index (κ3) is 4.53. The van der Waals surface area contributed by atoms with Crippen molar-refractivity contribution in [3.63, 3.8) is 0 Å². The minimum atomic E-state index is 0.571. The Hall–Kier alpha value is -2.40. The number of hydrogen-bond acceptors (Lipinski definition) is 4. The van der Waals surface area contributed by atoms with Crippen LogP contribution in [0.3, 0.4) is 0 Å². The first-order valence-corrected chi connectivity index (χ1v) is 8.13. The molecule has 23 heavy (non-hydrogen) atoms. The van der Waals surface area contributed by atoms with Crippen molar-refractivity contribution in [3.8, 4) is 0 Å². The smallest absolute Gasteiger partial charge is 0.229 e. The number of hydrogen-bond donors (Lipinski definition) is 2. The van der Waals surface area contributed by atoms with Gasteiger partial charge in [-0.2, -0.15) is 4.98 Å². The molecule has 2 N–H and O–H groups in total. The number of aromatic nitrogens is 2. The predicted octanol–water partition coefficient (Wildman–Crippen LogP) is 4.90. The Morgan fingerprint density at radius 3 is 2.43 bits per heavy atom. The Morgan fingerprint density at radius 1 is 0.957 bits per heavy atom. The molecule has 0 aliphatic rings. The van der Waals surface area contributed by atoms with Crippen molar-refractivity contribution >= 4 is 33.4 Å². The topological polar surface area (TPSA) is 49.8 Å². The van der Waals surface area contributed by atoms with Crippen LogP contribution in [0.2, 0.25) is 0 Å². The summed E-state index contributed by atoms with van der Waals surface area (Å²) in [4.78, 5) is 8.73. The van der Waals surface area contributed by atoms with Gasteiger partial charge in [0.2, 0.25) is 5.95 Å². The van der Waals surface area contributed by atoms with E-state index in [0.29, 0.717) is 5.95 Å². The predicted molar refractivity (Wildman–Crippen MR) is 98.0 cm³/mol. The van der Waals surface area contributed by atoms with Crippen molar-refractivity contribution in [2.75, 3.05) is 10.6 Å². The summed E-state index contributed by atoms with van der Waals surface area (Å²) in [6.07, 6.45) is 1.74. The van der Waals surface area contributed by atoms with Gasteiger partial charge in [0.05, 0.1) is 0 Å². The molecule has 0 saturated heterocycles. The molecular formula is C18H17BrN4. The summed E-state index contributed by atoms with van der Waals surface area (Å²) in [6, 6.07) is 18.2. The lowest BCUT2D eigenvalue weighted by molar-refractivity contribution is 1.08. The Morgan fingerprint density at radius 2 is 1.70 bits per heavy atom. The molecule has 0 saturated carbocycles. The minimum Gasteiger partial charge on any atom is -0.366 e. The van der Waals surface area contributed by atoms with E-state index in [1.807, 2.05) is 30.3 Å². The molecule has 1 aromatic heterocycles. The molecular weight excluding hydrogens is 352 g/mol. The number of benzene rings is 2. The van der Waals surface area contributed by atoms with Crippen LogP contribution < -0.4 is 10.6 Å². The van der Waals surface area contributed by atoms with Crippen molar-refractivity contribution in [2.24, 2.45) is 0 Å². The molecule has 0 atom stereocenters. The van der Waals surface area contributed by atoms with Crippen molar-refractivity contribution < 1.29 is 0 Å². The summed E-state index contributed by atoms with van der Waals surface area (Å²) in [5.74, 6) is 1.36. The second-order valence-electron chi connectivity index (χ2n) is 5.24. The van der Waals surface area contributed by atoms with Crippen LogP contribution in [0, 0.1) is 6.92 Å². The van der Waals surface area contributed by atoms with Gasteiger partial charge in [0.15, 0.2) is 0 Å². The van der Waals surface area contributed by atoms with E-state index < -0.39 is 0 Å². The SMILES string of the molecule is Cc1ccc(CNc2ccnc(Nc3ccc(Br)cc3)n2)cc1. The molecule has 116 valence electrons. The van der Waals surface area contributed by atoms with Crippen LogP contribution in [0.25, 0.3) is 0 Å². The highest BCUT2D eigenvalue weighted by Crippen LogP contribution is 2.18. The van der Waals surface area contributed by atoms with Crippen molar-refractivity contribution in [3.05, 3.63) is 76.4 Å². The second-order valence-corrected chi connectivity index (χ2v) is 6.15. The van der Waals surface area contributed by atoms with Gasteiger partial charge in [-0.1, -0.05) is 45.8 Å². The number of anilines is 3. The fourth-order valence-corrected chi connectivity index (χ4v) is 2.34. The number of halogens is 1. The van der Waals surface area contributed by atoms with Gasteiger partial charge in [0, 0.05) is 22.9 Å². The average Bonchev–Trinajstić information content (AvgIpc) is 2.57. The third-order valence-electron chi connectivity index (χ3n) is 3.35. The molecule has 0 radical (unpaired) electrons. The van der Waals surface area contributed by atoms with Gasteiger partial charge in [-0.25, -0.2) is 4.98 Å². The van der Waals surface area contributed by atoms with E-state index in [4.69, 9.17) is 0 Å². The maximum Gasteiger partial charge on any atom is 0.229 e. The summed E-state index contributed by atoms with van der Waals surface area (Å²) in [6.45, 7) is 2.82. The standard InChI is InChI=1S/C18H17BrN4/c1-13-2-4-14(5-3-13)12-21-17-10-11-20-18(23-17)22-16-8-6-15(19)7-9-16/h2-11H,12H2,1H3,(H2,20,21,22,23). The van der Waals surface area contributed by atoms with Crippen molar-refractivity contribution in [1.82, 2.24) is 9.97 Å². The highest BCUT2D eigenvalue weighted by atomic mass is 79.9. The Balaban J connectivity index is 1.65. The van der Waals surface area contributed by atoms with Crippen LogP contribution >= 0.6 is 15.9 Å². The molecule has 2 aromatic carbocycles. The zero-order chi connectivity index (χ0) is 16.1. The van der Waals surface area contributed by atoms with E-state index in [0.717, 1.165) is 22.5 Å². The molecule has 5 heteroatoms. The van der Waals surface area contributed by atoms with Crippen molar-refractivity contribution in [2.45, 2.75) is 13.5 Å². The maximum atomic E-state index is 4.48.